The summed E-state index contributed by atoms with van der Waals surface area (Å²) in [5.74, 6) is -0.0555. The second kappa shape index (κ2) is 10.5. The van der Waals surface area contributed by atoms with Gasteiger partial charge < -0.3 is 9.47 Å². The van der Waals surface area contributed by atoms with Crippen molar-refractivity contribution in [3.8, 4) is 0 Å². The molecule has 1 amide bonds. The maximum Gasteiger partial charge on any atom is 0.272 e. The summed E-state index contributed by atoms with van der Waals surface area (Å²) in [6, 6.07) is 25.2. The highest BCUT2D eigenvalue weighted by Crippen LogP contribution is 2.17. The molecule has 4 rings (SSSR count). The van der Waals surface area contributed by atoms with E-state index in [1.807, 2.05) is 66.7 Å². The number of carbonyl (C=O) groups excluding carboxylic acids is 1. The molecule has 0 unspecified atom stereocenters. The average molecular weight is 460 g/mol. The van der Waals surface area contributed by atoms with E-state index in [0.29, 0.717) is 30.2 Å². The van der Waals surface area contributed by atoms with Crippen molar-refractivity contribution in [2.75, 3.05) is 7.05 Å². The molecule has 0 fully saturated rings. The van der Waals surface area contributed by atoms with E-state index in [0.717, 1.165) is 23.0 Å². The number of aryl methyl sites for hydroxylation is 3. The lowest BCUT2D eigenvalue weighted by Gasteiger charge is -2.18. The number of nitrogens with zero attached hydrogens (tertiary/aromatic N) is 3. The molecule has 0 spiro atoms. The molecule has 0 aliphatic rings. The monoisotopic (exact) mass is 459 g/mol. The minimum absolute atomic E-state index is 0.0555. The predicted molar refractivity (Wildman–Crippen MR) is 132 cm³/mol. The van der Waals surface area contributed by atoms with E-state index in [4.69, 9.17) is 11.6 Å². The second-order valence-electron chi connectivity index (χ2n) is 8.08. The van der Waals surface area contributed by atoms with Gasteiger partial charge in [0, 0.05) is 38.0 Å². The third-order valence-electron chi connectivity index (χ3n) is 5.75. The summed E-state index contributed by atoms with van der Waals surface area (Å²) >= 11 is 6.22. The molecular weight excluding hydrogens is 434 g/mol. The standard InChI is InChI=1S/C27H26ClN3O2/c1-30(19-21-11-5-6-12-22(21)28)26(32)16-15-24-27(33)31(18-17-20-9-3-2-4-10-20)25-14-8-7-13-23(25)29-24/h2-14H,15-19H2,1H3. The van der Waals surface area contributed by atoms with Crippen molar-refractivity contribution in [1.29, 1.82) is 0 Å². The molecule has 6 heteroatoms. The Bertz CT molecular complexity index is 1320. The fourth-order valence-corrected chi connectivity index (χ4v) is 4.10. The molecule has 33 heavy (non-hydrogen) atoms. The first kappa shape index (κ1) is 22.7. The first-order chi connectivity index (χ1) is 16.0. The number of para-hydroxylation sites is 2. The SMILES string of the molecule is CN(Cc1ccccc1Cl)C(=O)CCc1nc2ccccc2n(CCc2ccccc2)c1=O. The first-order valence-corrected chi connectivity index (χ1v) is 11.4. The number of hydrogen-bond donors (Lipinski definition) is 0. The predicted octanol–water partition coefficient (Wildman–Crippen LogP) is 4.88. The Morgan fingerprint density at radius 2 is 1.64 bits per heavy atom. The van der Waals surface area contributed by atoms with E-state index in [-0.39, 0.29) is 17.9 Å². The van der Waals surface area contributed by atoms with Crippen LogP contribution in [-0.4, -0.2) is 27.4 Å². The van der Waals surface area contributed by atoms with E-state index in [1.54, 1.807) is 16.5 Å². The van der Waals surface area contributed by atoms with Gasteiger partial charge in [0.2, 0.25) is 5.91 Å². The highest BCUT2D eigenvalue weighted by atomic mass is 35.5. The number of carbonyl (C=O) groups is 1. The van der Waals surface area contributed by atoms with Gasteiger partial charge in [-0.1, -0.05) is 72.3 Å². The van der Waals surface area contributed by atoms with E-state index >= 15 is 0 Å². The molecule has 0 saturated carbocycles. The molecule has 0 aliphatic heterocycles. The molecule has 168 valence electrons. The van der Waals surface area contributed by atoms with E-state index in [9.17, 15) is 9.59 Å². The molecular formula is C27H26ClN3O2. The van der Waals surface area contributed by atoms with Crippen LogP contribution in [-0.2, 0) is 30.7 Å². The average Bonchev–Trinajstić information content (AvgIpc) is 2.84. The fourth-order valence-electron chi connectivity index (χ4n) is 3.90. The fraction of sp³-hybridized carbons (Fsp3) is 0.222. The van der Waals surface area contributed by atoms with Crippen LogP contribution in [0.15, 0.2) is 83.7 Å². The molecule has 4 aromatic rings. The highest BCUT2D eigenvalue weighted by molar-refractivity contribution is 6.31. The van der Waals surface area contributed by atoms with Gasteiger partial charge in [-0.05, 0) is 35.7 Å². The smallest absolute Gasteiger partial charge is 0.272 e. The molecule has 0 atom stereocenters. The third-order valence-corrected chi connectivity index (χ3v) is 6.12. The molecule has 1 aromatic heterocycles. The quantitative estimate of drug-likeness (QED) is 0.377. The largest absolute Gasteiger partial charge is 0.341 e. The lowest BCUT2D eigenvalue weighted by molar-refractivity contribution is -0.130. The van der Waals surface area contributed by atoms with Crippen molar-refractivity contribution < 1.29 is 4.79 Å². The van der Waals surface area contributed by atoms with Gasteiger partial charge in [0.25, 0.3) is 5.56 Å². The van der Waals surface area contributed by atoms with Crippen molar-refractivity contribution in [3.63, 3.8) is 0 Å². The number of rotatable bonds is 8. The molecule has 0 N–H and O–H groups in total. The van der Waals surface area contributed by atoms with Gasteiger partial charge in [-0.3, -0.25) is 9.59 Å². The van der Waals surface area contributed by atoms with Crippen molar-refractivity contribution >= 4 is 28.5 Å². The van der Waals surface area contributed by atoms with E-state index < -0.39 is 0 Å². The van der Waals surface area contributed by atoms with Gasteiger partial charge in [0.1, 0.15) is 5.69 Å². The van der Waals surface area contributed by atoms with Gasteiger partial charge in [0.05, 0.1) is 11.0 Å². The van der Waals surface area contributed by atoms with Crippen LogP contribution in [0.2, 0.25) is 5.02 Å². The summed E-state index contributed by atoms with van der Waals surface area (Å²) in [4.78, 5) is 32.3. The second-order valence-corrected chi connectivity index (χ2v) is 8.49. The number of halogens is 1. The van der Waals surface area contributed by atoms with Gasteiger partial charge in [-0.2, -0.15) is 0 Å². The number of amides is 1. The van der Waals surface area contributed by atoms with E-state index in [1.165, 1.54) is 5.56 Å². The summed E-state index contributed by atoms with van der Waals surface area (Å²) in [5, 5.41) is 0.634. The molecule has 5 nitrogen and oxygen atoms in total. The van der Waals surface area contributed by atoms with Crippen molar-refractivity contribution in [1.82, 2.24) is 14.5 Å². The Balaban J connectivity index is 1.51. The normalized spacial score (nSPS) is 11.0. The molecule has 1 heterocycles. The van der Waals surface area contributed by atoms with Crippen LogP contribution in [0.25, 0.3) is 11.0 Å². The van der Waals surface area contributed by atoms with Crippen LogP contribution >= 0.6 is 11.6 Å². The molecule has 0 saturated heterocycles. The Labute approximate surface area is 198 Å². The number of hydrogen-bond acceptors (Lipinski definition) is 3. The first-order valence-electron chi connectivity index (χ1n) is 11.0. The molecule has 0 bridgehead atoms. The Morgan fingerprint density at radius 3 is 2.42 bits per heavy atom. The van der Waals surface area contributed by atoms with Gasteiger partial charge in [-0.15, -0.1) is 0 Å². The van der Waals surface area contributed by atoms with Gasteiger partial charge >= 0.3 is 0 Å². The zero-order valence-corrected chi connectivity index (χ0v) is 19.3. The summed E-state index contributed by atoms with van der Waals surface area (Å²) < 4.78 is 1.78. The lowest BCUT2D eigenvalue weighted by Crippen LogP contribution is -2.30. The van der Waals surface area contributed by atoms with Crippen LogP contribution in [0.4, 0.5) is 0 Å². The Morgan fingerprint density at radius 1 is 0.939 bits per heavy atom. The van der Waals surface area contributed by atoms with E-state index in [2.05, 4.69) is 17.1 Å². The number of fused-ring (bicyclic) bond motifs is 1. The maximum atomic E-state index is 13.3. The summed E-state index contributed by atoms with van der Waals surface area (Å²) in [7, 11) is 1.75. The van der Waals surface area contributed by atoms with Crippen LogP contribution in [0.3, 0.4) is 0 Å². The molecule has 0 radical (unpaired) electrons. The zero-order chi connectivity index (χ0) is 23.2. The zero-order valence-electron chi connectivity index (χ0n) is 18.6. The van der Waals surface area contributed by atoms with Crippen LogP contribution < -0.4 is 5.56 Å². The Kier molecular flexibility index (Phi) is 7.20. The summed E-state index contributed by atoms with van der Waals surface area (Å²) in [5.41, 5.74) is 3.92. The summed E-state index contributed by atoms with van der Waals surface area (Å²) in [6.07, 6.45) is 1.24. The highest BCUT2D eigenvalue weighted by Gasteiger charge is 2.15. The van der Waals surface area contributed by atoms with Crippen molar-refractivity contribution in [2.45, 2.75) is 32.4 Å². The topological polar surface area (TPSA) is 55.2 Å². The van der Waals surface area contributed by atoms with Crippen molar-refractivity contribution in [3.05, 3.63) is 111 Å². The summed E-state index contributed by atoms with van der Waals surface area (Å²) in [6.45, 7) is 0.976. The Hall–Kier alpha value is -3.44. The molecule has 0 aliphatic carbocycles. The number of aromatic nitrogens is 2. The maximum absolute atomic E-state index is 13.3. The number of benzene rings is 3. The minimum atomic E-state index is -0.133. The van der Waals surface area contributed by atoms with Gasteiger partial charge in [-0.25, -0.2) is 4.98 Å². The van der Waals surface area contributed by atoms with Gasteiger partial charge in [0.15, 0.2) is 0 Å². The minimum Gasteiger partial charge on any atom is -0.341 e. The van der Waals surface area contributed by atoms with Crippen LogP contribution in [0.1, 0.15) is 23.2 Å². The molecule has 3 aromatic carbocycles. The van der Waals surface area contributed by atoms with Crippen LogP contribution in [0.5, 0.6) is 0 Å². The van der Waals surface area contributed by atoms with Crippen LogP contribution in [0, 0.1) is 0 Å². The third kappa shape index (κ3) is 5.49. The van der Waals surface area contributed by atoms with Crippen molar-refractivity contribution in [2.24, 2.45) is 0 Å². The lowest BCUT2D eigenvalue weighted by atomic mass is 10.1.